The van der Waals surface area contributed by atoms with Crippen molar-refractivity contribution in [2.45, 2.75) is 13.3 Å². The van der Waals surface area contributed by atoms with Crippen LogP contribution in [0.5, 0.6) is 0 Å². The third kappa shape index (κ3) is 3.36. The summed E-state index contributed by atoms with van der Waals surface area (Å²) in [6, 6.07) is 1.60. The van der Waals surface area contributed by atoms with Crippen molar-refractivity contribution in [3.63, 3.8) is 0 Å². The third-order valence-corrected chi connectivity index (χ3v) is 3.21. The van der Waals surface area contributed by atoms with Gasteiger partial charge in [0.15, 0.2) is 5.69 Å². The fourth-order valence-electron chi connectivity index (χ4n) is 2.01. The quantitative estimate of drug-likeness (QED) is 0.753. The molecule has 0 aromatic carbocycles. The van der Waals surface area contributed by atoms with Crippen molar-refractivity contribution >= 4 is 11.8 Å². The molecule has 1 aliphatic rings. The summed E-state index contributed by atoms with van der Waals surface area (Å²) < 4.78 is 9.77. The second-order valence-electron chi connectivity index (χ2n) is 4.87. The molecule has 1 aliphatic heterocycles. The molecule has 0 radical (unpaired) electrons. The molecule has 1 saturated heterocycles. The number of nitrogens with zero attached hydrogens (tertiary/aromatic N) is 2. The van der Waals surface area contributed by atoms with Gasteiger partial charge in [0.1, 0.15) is 5.76 Å². The van der Waals surface area contributed by atoms with Gasteiger partial charge in [0, 0.05) is 39.4 Å². The van der Waals surface area contributed by atoms with Crippen LogP contribution in [-0.2, 0) is 9.53 Å². The second-order valence-corrected chi connectivity index (χ2v) is 4.87. The topological polar surface area (TPSA) is 84.7 Å². The van der Waals surface area contributed by atoms with E-state index in [1.807, 2.05) is 0 Å². The Morgan fingerprint density at radius 2 is 2.30 bits per heavy atom. The maximum absolute atomic E-state index is 12.0. The standard InChI is InChI=1S/C13H19N3O4/c1-9-6-11(15-20-9)13(18)16-7-10(8-16)12(17)14-4-3-5-19-2/h6,10H,3-5,7-8H2,1-2H3,(H,14,17). The van der Waals surface area contributed by atoms with Crippen molar-refractivity contribution in [1.29, 1.82) is 0 Å². The van der Waals surface area contributed by atoms with E-state index in [-0.39, 0.29) is 17.7 Å². The van der Waals surface area contributed by atoms with E-state index in [1.54, 1.807) is 25.0 Å². The van der Waals surface area contributed by atoms with Crippen LogP contribution in [-0.4, -0.2) is 55.2 Å². The summed E-state index contributed by atoms with van der Waals surface area (Å²) >= 11 is 0. The van der Waals surface area contributed by atoms with Crippen LogP contribution in [0.15, 0.2) is 10.6 Å². The van der Waals surface area contributed by atoms with Gasteiger partial charge in [-0.05, 0) is 13.3 Å². The summed E-state index contributed by atoms with van der Waals surface area (Å²) in [6.45, 7) is 3.82. The lowest BCUT2D eigenvalue weighted by Gasteiger charge is -2.37. The molecule has 0 unspecified atom stereocenters. The number of likely N-dealkylation sites (tertiary alicyclic amines) is 1. The Bertz CT molecular complexity index is 480. The Labute approximate surface area is 117 Å². The fraction of sp³-hybridized carbons (Fsp3) is 0.615. The number of nitrogens with one attached hydrogen (secondary N) is 1. The zero-order chi connectivity index (χ0) is 14.5. The number of hydrogen-bond donors (Lipinski definition) is 1. The number of carbonyl (C=O) groups excluding carboxylic acids is 2. The van der Waals surface area contributed by atoms with Crippen LogP contribution in [0.4, 0.5) is 0 Å². The summed E-state index contributed by atoms with van der Waals surface area (Å²) in [6.07, 6.45) is 0.788. The first-order valence-electron chi connectivity index (χ1n) is 6.61. The maximum atomic E-state index is 12.0. The lowest BCUT2D eigenvalue weighted by atomic mass is 9.98. The van der Waals surface area contributed by atoms with Crippen LogP contribution in [0.25, 0.3) is 0 Å². The number of aromatic nitrogens is 1. The van der Waals surface area contributed by atoms with E-state index in [2.05, 4.69) is 10.5 Å². The molecule has 0 bridgehead atoms. The molecular formula is C13H19N3O4. The maximum Gasteiger partial charge on any atom is 0.276 e. The SMILES string of the molecule is COCCCNC(=O)C1CN(C(=O)c2cc(C)on2)C1. The lowest BCUT2D eigenvalue weighted by Crippen LogP contribution is -2.55. The summed E-state index contributed by atoms with van der Waals surface area (Å²) in [5.41, 5.74) is 0.293. The molecule has 0 saturated carbocycles. The first kappa shape index (κ1) is 14.5. The number of methoxy groups -OCH3 is 1. The molecule has 2 amide bonds. The molecule has 1 aromatic rings. The Kier molecular flexibility index (Phi) is 4.73. The van der Waals surface area contributed by atoms with E-state index in [0.717, 1.165) is 6.42 Å². The Morgan fingerprint density at radius 1 is 1.55 bits per heavy atom. The molecule has 7 nitrogen and oxygen atoms in total. The average molecular weight is 281 g/mol. The van der Waals surface area contributed by atoms with Crippen LogP contribution in [0.3, 0.4) is 0 Å². The molecule has 1 aromatic heterocycles. The number of amides is 2. The predicted octanol–water partition coefficient (Wildman–Crippen LogP) is 0.208. The van der Waals surface area contributed by atoms with E-state index in [9.17, 15) is 9.59 Å². The number of ether oxygens (including phenoxy) is 1. The highest BCUT2D eigenvalue weighted by molar-refractivity contribution is 5.94. The lowest BCUT2D eigenvalue weighted by molar-refractivity contribution is -0.129. The van der Waals surface area contributed by atoms with Crippen molar-refractivity contribution in [3.8, 4) is 0 Å². The van der Waals surface area contributed by atoms with E-state index in [0.29, 0.717) is 37.7 Å². The molecule has 2 rings (SSSR count). The summed E-state index contributed by atoms with van der Waals surface area (Å²) in [7, 11) is 1.63. The Morgan fingerprint density at radius 3 is 2.90 bits per heavy atom. The molecule has 20 heavy (non-hydrogen) atoms. The van der Waals surface area contributed by atoms with Crippen LogP contribution >= 0.6 is 0 Å². The number of aryl methyl sites for hydroxylation is 1. The largest absolute Gasteiger partial charge is 0.385 e. The zero-order valence-corrected chi connectivity index (χ0v) is 11.7. The zero-order valence-electron chi connectivity index (χ0n) is 11.7. The molecular weight excluding hydrogens is 262 g/mol. The van der Waals surface area contributed by atoms with Gasteiger partial charge in [0.05, 0.1) is 5.92 Å². The molecule has 1 N–H and O–H groups in total. The highest BCUT2D eigenvalue weighted by atomic mass is 16.5. The van der Waals surface area contributed by atoms with Crippen LogP contribution in [0.1, 0.15) is 22.7 Å². The first-order valence-corrected chi connectivity index (χ1v) is 6.61. The van der Waals surface area contributed by atoms with Gasteiger partial charge in [0.2, 0.25) is 5.91 Å². The molecule has 0 spiro atoms. The predicted molar refractivity (Wildman–Crippen MR) is 70.1 cm³/mol. The molecule has 7 heteroatoms. The van der Waals surface area contributed by atoms with Crippen molar-refractivity contribution < 1.29 is 18.8 Å². The Balaban J connectivity index is 1.71. The van der Waals surface area contributed by atoms with E-state index < -0.39 is 0 Å². The minimum Gasteiger partial charge on any atom is -0.385 e. The van der Waals surface area contributed by atoms with E-state index in [4.69, 9.17) is 9.26 Å². The highest BCUT2D eigenvalue weighted by Crippen LogP contribution is 2.18. The van der Waals surface area contributed by atoms with Gasteiger partial charge in [0.25, 0.3) is 5.91 Å². The van der Waals surface area contributed by atoms with Crippen molar-refractivity contribution in [2.75, 3.05) is 33.4 Å². The second kappa shape index (κ2) is 6.51. The van der Waals surface area contributed by atoms with Gasteiger partial charge in [-0.2, -0.15) is 0 Å². The van der Waals surface area contributed by atoms with E-state index in [1.165, 1.54) is 0 Å². The fourth-order valence-corrected chi connectivity index (χ4v) is 2.01. The smallest absolute Gasteiger partial charge is 0.276 e. The number of carbonyl (C=O) groups is 2. The van der Waals surface area contributed by atoms with Crippen molar-refractivity contribution in [3.05, 3.63) is 17.5 Å². The number of hydrogen-bond acceptors (Lipinski definition) is 5. The third-order valence-electron chi connectivity index (χ3n) is 3.21. The van der Waals surface area contributed by atoms with Gasteiger partial charge in [-0.1, -0.05) is 5.16 Å². The van der Waals surface area contributed by atoms with Crippen molar-refractivity contribution in [2.24, 2.45) is 5.92 Å². The van der Waals surface area contributed by atoms with Crippen LogP contribution in [0, 0.1) is 12.8 Å². The van der Waals surface area contributed by atoms with Gasteiger partial charge in [-0.25, -0.2) is 0 Å². The minimum absolute atomic E-state index is 0.0125. The van der Waals surface area contributed by atoms with Crippen LogP contribution < -0.4 is 5.32 Å². The first-order chi connectivity index (χ1) is 9.61. The highest BCUT2D eigenvalue weighted by Gasteiger charge is 2.36. The molecule has 0 aliphatic carbocycles. The normalized spacial score (nSPS) is 15.0. The summed E-state index contributed by atoms with van der Waals surface area (Å²) in [5, 5.41) is 6.51. The Hall–Kier alpha value is -1.89. The van der Waals surface area contributed by atoms with Gasteiger partial charge in [-0.15, -0.1) is 0 Å². The van der Waals surface area contributed by atoms with Crippen LogP contribution in [0.2, 0.25) is 0 Å². The van der Waals surface area contributed by atoms with Gasteiger partial charge in [-0.3, -0.25) is 9.59 Å². The average Bonchev–Trinajstić information content (AvgIpc) is 2.79. The summed E-state index contributed by atoms with van der Waals surface area (Å²) in [5.74, 6) is 0.266. The minimum atomic E-state index is -0.190. The van der Waals surface area contributed by atoms with Gasteiger partial charge >= 0.3 is 0 Å². The molecule has 0 atom stereocenters. The molecule has 110 valence electrons. The molecule has 1 fully saturated rings. The summed E-state index contributed by atoms with van der Waals surface area (Å²) in [4.78, 5) is 25.3. The molecule has 2 heterocycles. The van der Waals surface area contributed by atoms with E-state index >= 15 is 0 Å². The monoisotopic (exact) mass is 281 g/mol. The van der Waals surface area contributed by atoms with Gasteiger partial charge < -0.3 is 19.5 Å². The number of rotatable bonds is 6. The van der Waals surface area contributed by atoms with Crippen molar-refractivity contribution in [1.82, 2.24) is 15.4 Å².